The number of benzene rings is 1. The van der Waals surface area contributed by atoms with E-state index in [0.29, 0.717) is 0 Å². The summed E-state index contributed by atoms with van der Waals surface area (Å²) in [6.07, 6.45) is 17.2. The first-order valence-electron chi connectivity index (χ1n) is 10.5. The summed E-state index contributed by atoms with van der Waals surface area (Å²) in [6.45, 7) is 9.24. The van der Waals surface area contributed by atoms with Crippen LogP contribution in [0.25, 0.3) is 0 Å². The molecule has 0 bridgehead atoms. The molecule has 25 heavy (non-hydrogen) atoms. The maximum atomic E-state index is 6.04. The molecule has 1 aromatic rings. The molecule has 0 aliphatic carbocycles. The molecule has 0 aliphatic rings. The molecule has 1 nitrogen and oxygen atoms in total. The predicted molar refractivity (Wildman–Crippen MR) is 110 cm³/mol. The van der Waals surface area contributed by atoms with Crippen molar-refractivity contribution in [3.8, 4) is 5.75 Å². The van der Waals surface area contributed by atoms with Gasteiger partial charge in [-0.1, -0.05) is 77.0 Å². The number of unbranched alkanes of at least 4 members (excludes halogenated alkanes) is 7. The van der Waals surface area contributed by atoms with Crippen molar-refractivity contribution in [2.24, 2.45) is 5.92 Å². The van der Waals surface area contributed by atoms with Gasteiger partial charge in [0.1, 0.15) is 5.75 Å². The van der Waals surface area contributed by atoms with E-state index in [4.69, 9.17) is 4.74 Å². The molecule has 0 amide bonds. The molecular weight excluding hydrogens is 304 g/mol. The van der Waals surface area contributed by atoms with Gasteiger partial charge in [0.05, 0.1) is 6.61 Å². The number of rotatable bonds is 16. The zero-order valence-electron chi connectivity index (χ0n) is 16.7. The van der Waals surface area contributed by atoms with E-state index in [9.17, 15) is 0 Å². The molecule has 141 valence electrons. The Balaban J connectivity index is 2.15. The Bertz CT molecular complexity index is 437. The van der Waals surface area contributed by atoms with Crippen LogP contribution >= 0.6 is 0 Å². The van der Waals surface area contributed by atoms with Crippen LogP contribution in [0.15, 0.2) is 30.9 Å². The molecule has 0 saturated carbocycles. The maximum Gasteiger partial charge on any atom is 0.123 e. The zero-order chi connectivity index (χ0) is 18.2. The van der Waals surface area contributed by atoms with Gasteiger partial charge in [-0.25, -0.2) is 0 Å². The van der Waals surface area contributed by atoms with Crippen molar-refractivity contribution in [3.05, 3.63) is 42.5 Å². The summed E-state index contributed by atoms with van der Waals surface area (Å²) in [5, 5.41) is 0. The zero-order valence-corrected chi connectivity index (χ0v) is 16.7. The molecule has 1 rings (SSSR count). The topological polar surface area (TPSA) is 9.23 Å². The molecule has 0 aromatic heterocycles. The first-order chi connectivity index (χ1) is 12.3. The summed E-state index contributed by atoms with van der Waals surface area (Å²) in [5.41, 5.74) is 1.35. The second-order valence-corrected chi connectivity index (χ2v) is 7.34. The van der Waals surface area contributed by atoms with Crippen molar-refractivity contribution < 1.29 is 4.74 Å². The van der Waals surface area contributed by atoms with Crippen molar-refractivity contribution in [3.63, 3.8) is 0 Å². The van der Waals surface area contributed by atoms with Crippen LogP contribution in [-0.2, 0) is 6.42 Å². The van der Waals surface area contributed by atoms with E-state index in [-0.39, 0.29) is 0 Å². The minimum atomic E-state index is 0.838. The Morgan fingerprint density at radius 1 is 1.08 bits per heavy atom. The molecule has 1 aromatic carbocycles. The van der Waals surface area contributed by atoms with Gasteiger partial charge in [0.2, 0.25) is 0 Å². The Morgan fingerprint density at radius 2 is 1.84 bits per heavy atom. The third-order valence-electron chi connectivity index (χ3n) is 5.06. The molecule has 0 heterocycles. The van der Waals surface area contributed by atoms with Crippen molar-refractivity contribution in [1.29, 1.82) is 0 Å². The largest absolute Gasteiger partial charge is 0.493 e. The summed E-state index contributed by atoms with van der Waals surface area (Å²) >= 11 is 0. The first kappa shape index (κ1) is 21.8. The Morgan fingerprint density at radius 3 is 2.60 bits per heavy atom. The predicted octanol–water partition coefficient (Wildman–Crippen LogP) is 7.54. The van der Waals surface area contributed by atoms with E-state index in [1.54, 1.807) is 0 Å². The van der Waals surface area contributed by atoms with Gasteiger partial charge in [0.25, 0.3) is 0 Å². The van der Waals surface area contributed by atoms with Crippen molar-refractivity contribution in [2.75, 3.05) is 6.61 Å². The van der Waals surface area contributed by atoms with Gasteiger partial charge in [0, 0.05) is 0 Å². The van der Waals surface area contributed by atoms with E-state index >= 15 is 0 Å². The van der Waals surface area contributed by atoms with Crippen LogP contribution in [0, 0.1) is 12.0 Å². The summed E-state index contributed by atoms with van der Waals surface area (Å²) < 4.78 is 6.04. The third-order valence-corrected chi connectivity index (χ3v) is 5.06. The number of aryl methyl sites for hydroxylation is 1. The quantitative estimate of drug-likeness (QED) is 0.222. The van der Waals surface area contributed by atoms with Gasteiger partial charge < -0.3 is 4.74 Å². The van der Waals surface area contributed by atoms with Crippen molar-refractivity contribution >= 4 is 0 Å². The summed E-state index contributed by atoms with van der Waals surface area (Å²) in [5.74, 6) is 1.91. The Hall–Kier alpha value is -1.24. The van der Waals surface area contributed by atoms with E-state index in [1.807, 2.05) is 18.2 Å². The standard InChI is InChI=1S/C24H39O/c1-4-6-7-8-9-10-11-16-21-25-24-20-15-14-19-23(24)18-13-12-17-22(3)5-2/h4,14,19-20,22H,1,5-13,16-18,21H2,2-3H3. The Labute approximate surface area is 156 Å². The number of allylic oxidation sites excluding steroid dienone is 1. The fourth-order valence-corrected chi connectivity index (χ4v) is 3.08. The molecule has 1 heteroatoms. The molecule has 0 saturated heterocycles. The SMILES string of the molecule is C=CCCCCCCCCOc1c[c]ccc1CCCCC(C)CC. The number of hydrogen-bond donors (Lipinski definition) is 0. The number of ether oxygens (including phenoxy) is 1. The van der Waals surface area contributed by atoms with E-state index in [1.165, 1.54) is 63.4 Å². The molecule has 0 N–H and O–H groups in total. The Kier molecular flexibility index (Phi) is 13.1. The van der Waals surface area contributed by atoms with Crippen LogP contribution in [0.5, 0.6) is 5.75 Å². The highest BCUT2D eigenvalue weighted by Crippen LogP contribution is 2.21. The van der Waals surface area contributed by atoms with Crippen LogP contribution in [0.2, 0.25) is 0 Å². The minimum absolute atomic E-state index is 0.838. The number of hydrogen-bond acceptors (Lipinski definition) is 1. The van der Waals surface area contributed by atoms with Crippen molar-refractivity contribution in [2.45, 2.75) is 90.9 Å². The van der Waals surface area contributed by atoms with Gasteiger partial charge in [-0.2, -0.15) is 0 Å². The molecule has 1 radical (unpaired) electrons. The van der Waals surface area contributed by atoms with Gasteiger partial charge >= 0.3 is 0 Å². The third kappa shape index (κ3) is 11.1. The van der Waals surface area contributed by atoms with Gasteiger partial charge in [-0.15, -0.1) is 6.58 Å². The van der Waals surface area contributed by atoms with Crippen LogP contribution in [-0.4, -0.2) is 6.61 Å². The first-order valence-corrected chi connectivity index (χ1v) is 10.5. The van der Waals surface area contributed by atoms with Gasteiger partial charge in [-0.05, 0) is 55.7 Å². The van der Waals surface area contributed by atoms with Gasteiger partial charge in [-0.3, -0.25) is 0 Å². The summed E-state index contributed by atoms with van der Waals surface area (Å²) in [4.78, 5) is 0. The summed E-state index contributed by atoms with van der Waals surface area (Å²) in [7, 11) is 0. The highest BCUT2D eigenvalue weighted by atomic mass is 16.5. The van der Waals surface area contributed by atoms with Crippen LogP contribution in [0.4, 0.5) is 0 Å². The molecule has 1 unspecified atom stereocenters. The van der Waals surface area contributed by atoms with Crippen molar-refractivity contribution in [1.82, 2.24) is 0 Å². The van der Waals surface area contributed by atoms with E-state index in [2.05, 4.69) is 32.6 Å². The smallest absolute Gasteiger partial charge is 0.123 e. The second-order valence-electron chi connectivity index (χ2n) is 7.34. The lowest BCUT2D eigenvalue weighted by atomic mass is 9.99. The fourth-order valence-electron chi connectivity index (χ4n) is 3.08. The molecule has 0 fully saturated rings. The average molecular weight is 344 g/mol. The molecule has 0 aliphatic heterocycles. The minimum Gasteiger partial charge on any atom is -0.493 e. The fraction of sp³-hybridized carbons (Fsp3) is 0.667. The lowest BCUT2D eigenvalue weighted by Crippen LogP contribution is -2.01. The molecule has 0 spiro atoms. The van der Waals surface area contributed by atoms with Crippen LogP contribution in [0.1, 0.15) is 90.0 Å². The normalized spacial score (nSPS) is 12.1. The highest BCUT2D eigenvalue weighted by Gasteiger charge is 2.04. The monoisotopic (exact) mass is 343 g/mol. The van der Waals surface area contributed by atoms with Gasteiger partial charge in [0.15, 0.2) is 0 Å². The second kappa shape index (κ2) is 15.0. The molecular formula is C24H39O. The highest BCUT2D eigenvalue weighted by molar-refractivity contribution is 5.32. The van der Waals surface area contributed by atoms with Crippen LogP contribution < -0.4 is 4.74 Å². The molecule has 1 atom stereocenters. The van der Waals surface area contributed by atoms with Crippen LogP contribution in [0.3, 0.4) is 0 Å². The van der Waals surface area contributed by atoms with E-state index < -0.39 is 0 Å². The lowest BCUT2D eigenvalue weighted by Gasteiger charge is -2.12. The van der Waals surface area contributed by atoms with E-state index in [0.717, 1.165) is 37.5 Å². The lowest BCUT2D eigenvalue weighted by molar-refractivity contribution is 0.301. The summed E-state index contributed by atoms with van der Waals surface area (Å²) in [6, 6.07) is 9.37. The average Bonchev–Trinajstić information content (AvgIpc) is 2.64. The maximum absolute atomic E-state index is 6.04.